The normalized spacial score (nSPS) is 21.8. The van der Waals surface area contributed by atoms with Gasteiger partial charge in [0.15, 0.2) is 9.84 Å². The lowest BCUT2D eigenvalue weighted by molar-refractivity contribution is 0.310. The van der Waals surface area contributed by atoms with Crippen LogP contribution >= 0.6 is 0 Å². The highest BCUT2D eigenvalue weighted by atomic mass is 32.2. The maximum absolute atomic E-state index is 12.4. The lowest BCUT2D eigenvalue weighted by Crippen LogP contribution is -2.51. The third-order valence-electron chi connectivity index (χ3n) is 3.22. The largest absolute Gasteiger partial charge is 0.312 e. The van der Waals surface area contributed by atoms with Gasteiger partial charge in [-0.15, -0.1) is 0 Å². The number of hydrogen-bond donors (Lipinski definition) is 1. The van der Waals surface area contributed by atoms with Gasteiger partial charge in [0.05, 0.1) is 9.79 Å². The summed E-state index contributed by atoms with van der Waals surface area (Å²) < 4.78 is 49.0. The van der Waals surface area contributed by atoms with Gasteiger partial charge in [0.1, 0.15) is 0 Å². The first kappa shape index (κ1) is 15.4. The highest BCUT2D eigenvalue weighted by Crippen LogP contribution is 2.19. The molecule has 0 aromatic heterocycles. The number of hydrogen-bond acceptors (Lipinski definition) is 5. The number of nitrogens with one attached hydrogen (secondary N) is 1. The van der Waals surface area contributed by atoms with Crippen molar-refractivity contribution < 1.29 is 16.8 Å². The Hall–Kier alpha value is -0.960. The first-order valence-corrected chi connectivity index (χ1v) is 9.58. The summed E-state index contributed by atoms with van der Waals surface area (Å²) in [5, 5.41) is 3.18. The highest BCUT2D eigenvalue weighted by Gasteiger charge is 2.28. The summed E-state index contributed by atoms with van der Waals surface area (Å²) in [4.78, 5) is 0.240. The van der Waals surface area contributed by atoms with Gasteiger partial charge in [0, 0.05) is 31.9 Å². The van der Waals surface area contributed by atoms with Crippen molar-refractivity contribution in [3.05, 3.63) is 24.3 Å². The van der Waals surface area contributed by atoms with Crippen LogP contribution in [0.25, 0.3) is 0 Å². The Bertz CT molecular complexity index is 681. The zero-order valence-electron chi connectivity index (χ0n) is 11.4. The van der Waals surface area contributed by atoms with Gasteiger partial charge in [-0.05, 0) is 31.2 Å². The van der Waals surface area contributed by atoms with Gasteiger partial charge < -0.3 is 5.32 Å². The standard InChI is InChI=1S/C12H18N2O4S2/c1-10-9-14(8-7-13-10)20(17,18)12-5-3-11(4-6-12)19(2,15)16/h3-6,10,13H,7-9H2,1-2H3. The molecule has 1 fully saturated rings. The Balaban J connectivity index is 2.30. The van der Waals surface area contributed by atoms with Crippen LogP contribution in [-0.4, -0.2) is 53.1 Å². The number of benzene rings is 1. The van der Waals surface area contributed by atoms with E-state index in [1.807, 2.05) is 6.92 Å². The molecule has 2 rings (SSSR count). The van der Waals surface area contributed by atoms with Crippen LogP contribution < -0.4 is 5.32 Å². The van der Waals surface area contributed by atoms with Crippen LogP contribution in [0.5, 0.6) is 0 Å². The fraction of sp³-hybridized carbons (Fsp3) is 0.500. The first-order chi connectivity index (χ1) is 9.21. The fourth-order valence-electron chi connectivity index (χ4n) is 2.12. The maximum atomic E-state index is 12.4. The second-order valence-corrected chi connectivity index (χ2v) is 8.92. The average molecular weight is 318 g/mol. The Labute approximate surface area is 119 Å². The van der Waals surface area contributed by atoms with Crippen molar-refractivity contribution in [2.45, 2.75) is 22.8 Å². The van der Waals surface area contributed by atoms with Gasteiger partial charge in [-0.1, -0.05) is 0 Å². The number of piperazine rings is 1. The van der Waals surface area contributed by atoms with Gasteiger partial charge >= 0.3 is 0 Å². The molecule has 20 heavy (non-hydrogen) atoms. The van der Waals surface area contributed by atoms with Crippen LogP contribution in [0.2, 0.25) is 0 Å². The molecule has 0 saturated carbocycles. The Morgan fingerprint density at radius 3 is 2.15 bits per heavy atom. The van der Waals surface area contributed by atoms with E-state index in [0.717, 1.165) is 6.26 Å². The van der Waals surface area contributed by atoms with E-state index in [1.54, 1.807) is 0 Å². The quantitative estimate of drug-likeness (QED) is 0.853. The molecule has 1 aromatic rings. The third kappa shape index (κ3) is 3.20. The van der Waals surface area contributed by atoms with E-state index in [-0.39, 0.29) is 15.8 Å². The number of sulfonamides is 1. The van der Waals surface area contributed by atoms with Crippen molar-refractivity contribution in [3.63, 3.8) is 0 Å². The molecule has 0 spiro atoms. The molecule has 6 nitrogen and oxygen atoms in total. The molecule has 0 amide bonds. The molecule has 0 bridgehead atoms. The van der Waals surface area contributed by atoms with E-state index < -0.39 is 19.9 Å². The molecule has 8 heteroatoms. The molecule has 1 aliphatic heterocycles. The van der Waals surface area contributed by atoms with Crippen LogP contribution in [0.15, 0.2) is 34.1 Å². The average Bonchev–Trinajstić information content (AvgIpc) is 2.38. The molecule has 1 unspecified atom stereocenters. The van der Waals surface area contributed by atoms with E-state index in [1.165, 1.54) is 28.6 Å². The summed E-state index contributed by atoms with van der Waals surface area (Å²) in [7, 11) is -6.88. The van der Waals surface area contributed by atoms with Crippen LogP contribution in [0.4, 0.5) is 0 Å². The zero-order valence-corrected chi connectivity index (χ0v) is 13.0. The molecule has 1 aliphatic rings. The zero-order chi connectivity index (χ0) is 15.0. The Morgan fingerprint density at radius 1 is 1.10 bits per heavy atom. The van der Waals surface area contributed by atoms with Crippen molar-refractivity contribution in [2.24, 2.45) is 0 Å². The molecular formula is C12H18N2O4S2. The van der Waals surface area contributed by atoms with Crippen molar-refractivity contribution in [1.82, 2.24) is 9.62 Å². The number of rotatable bonds is 3. The van der Waals surface area contributed by atoms with E-state index in [2.05, 4.69) is 5.32 Å². The summed E-state index contributed by atoms with van der Waals surface area (Å²) in [6.07, 6.45) is 1.09. The summed E-state index contributed by atoms with van der Waals surface area (Å²) >= 11 is 0. The predicted octanol–water partition coefficient (Wildman–Crippen LogP) is 0.0725. The van der Waals surface area contributed by atoms with E-state index in [0.29, 0.717) is 19.6 Å². The SMILES string of the molecule is CC1CN(S(=O)(=O)c2ccc(S(C)(=O)=O)cc2)CCN1. The molecule has 0 aliphatic carbocycles. The van der Waals surface area contributed by atoms with E-state index >= 15 is 0 Å². The van der Waals surface area contributed by atoms with Gasteiger partial charge in [0.25, 0.3) is 0 Å². The summed E-state index contributed by atoms with van der Waals surface area (Å²) in [6.45, 7) is 3.37. The van der Waals surface area contributed by atoms with E-state index in [9.17, 15) is 16.8 Å². The third-order valence-corrected chi connectivity index (χ3v) is 6.23. The summed E-state index contributed by atoms with van der Waals surface area (Å²) in [5.41, 5.74) is 0. The van der Waals surface area contributed by atoms with Gasteiger partial charge in [-0.3, -0.25) is 0 Å². The van der Waals surface area contributed by atoms with Crippen molar-refractivity contribution in [2.75, 3.05) is 25.9 Å². The van der Waals surface area contributed by atoms with Crippen LogP contribution in [0.3, 0.4) is 0 Å². The minimum absolute atomic E-state index is 0.105. The Morgan fingerprint density at radius 2 is 1.65 bits per heavy atom. The fourth-order valence-corrected chi connectivity index (χ4v) is 4.28. The molecular weight excluding hydrogens is 300 g/mol. The number of nitrogens with zero attached hydrogens (tertiary/aromatic N) is 1. The van der Waals surface area contributed by atoms with E-state index in [4.69, 9.17) is 0 Å². The monoisotopic (exact) mass is 318 g/mol. The molecule has 1 N–H and O–H groups in total. The molecule has 112 valence electrons. The van der Waals surface area contributed by atoms with Gasteiger partial charge in [-0.25, -0.2) is 16.8 Å². The summed E-state index contributed by atoms with van der Waals surface area (Å²) in [6, 6.07) is 5.45. The minimum Gasteiger partial charge on any atom is -0.312 e. The minimum atomic E-state index is -3.56. The smallest absolute Gasteiger partial charge is 0.243 e. The topological polar surface area (TPSA) is 83.6 Å². The van der Waals surface area contributed by atoms with Crippen molar-refractivity contribution >= 4 is 19.9 Å². The van der Waals surface area contributed by atoms with Crippen molar-refractivity contribution in [3.8, 4) is 0 Å². The predicted molar refractivity (Wildman–Crippen MR) is 75.8 cm³/mol. The van der Waals surface area contributed by atoms with Crippen LogP contribution in [0.1, 0.15) is 6.92 Å². The maximum Gasteiger partial charge on any atom is 0.243 e. The lowest BCUT2D eigenvalue weighted by atomic mass is 10.3. The summed E-state index contributed by atoms with van der Waals surface area (Å²) in [5.74, 6) is 0. The molecule has 1 atom stereocenters. The van der Waals surface area contributed by atoms with Crippen LogP contribution in [0, 0.1) is 0 Å². The van der Waals surface area contributed by atoms with Gasteiger partial charge in [0.2, 0.25) is 10.0 Å². The van der Waals surface area contributed by atoms with Crippen molar-refractivity contribution in [1.29, 1.82) is 0 Å². The second-order valence-electron chi connectivity index (χ2n) is 4.96. The molecule has 1 aromatic carbocycles. The second kappa shape index (κ2) is 5.44. The number of sulfone groups is 1. The van der Waals surface area contributed by atoms with Gasteiger partial charge in [-0.2, -0.15) is 4.31 Å². The highest BCUT2D eigenvalue weighted by molar-refractivity contribution is 7.90. The lowest BCUT2D eigenvalue weighted by Gasteiger charge is -2.31. The first-order valence-electron chi connectivity index (χ1n) is 6.25. The molecule has 1 saturated heterocycles. The Kier molecular flexibility index (Phi) is 4.19. The molecule has 1 heterocycles. The molecule has 0 radical (unpaired) electrons. The van der Waals surface area contributed by atoms with Crippen LogP contribution in [-0.2, 0) is 19.9 Å².